The summed E-state index contributed by atoms with van der Waals surface area (Å²) in [7, 11) is 0. The highest BCUT2D eigenvalue weighted by Crippen LogP contribution is 2.20. The number of hydrogen-bond acceptors (Lipinski definition) is 5. The Bertz CT molecular complexity index is 886. The Kier molecular flexibility index (Phi) is 5.20. The van der Waals surface area contributed by atoms with Crippen LogP contribution in [0.15, 0.2) is 55.1 Å². The Morgan fingerprint density at radius 3 is 2.68 bits per heavy atom. The fourth-order valence-electron chi connectivity index (χ4n) is 2.23. The first kappa shape index (κ1) is 16.9. The molecule has 0 saturated heterocycles. The van der Waals surface area contributed by atoms with Gasteiger partial charge in [0.2, 0.25) is 0 Å². The Hall–Kier alpha value is -2.99. The van der Waals surface area contributed by atoms with Crippen LogP contribution in [0.25, 0.3) is 0 Å². The van der Waals surface area contributed by atoms with Crippen molar-refractivity contribution in [3.8, 4) is 0 Å². The van der Waals surface area contributed by atoms with Gasteiger partial charge in [-0.3, -0.25) is 9.78 Å². The smallest absolute Gasteiger partial charge is 0.274 e. The van der Waals surface area contributed by atoms with Gasteiger partial charge < -0.3 is 10.6 Å². The van der Waals surface area contributed by atoms with Crippen molar-refractivity contribution in [2.75, 3.05) is 10.6 Å². The van der Waals surface area contributed by atoms with Crippen molar-refractivity contribution in [2.24, 2.45) is 0 Å². The fourth-order valence-corrected chi connectivity index (χ4v) is 2.45. The van der Waals surface area contributed by atoms with Crippen LogP contribution in [0.2, 0.25) is 5.02 Å². The molecule has 0 aliphatic heterocycles. The first-order chi connectivity index (χ1) is 12.1. The van der Waals surface area contributed by atoms with Crippen LogP contribution in [0.1, 0.15) is 21.6 Å². The summed E-state index contributed by atoms with van der Waals surface area (Å²) >= 11 is 5.93. The molecule has 126 valence electrons. The van der Waals surface area contributed by atoms with Crippen LogP contribution in [0.5, 0.6) is 0 Å². The number of aromatic nitrogens is 3. The molecule has 0 unspecified atom stereocenters. The third kappa shape index (κ3) is 4.51. The van der Waals surface area contributed by atoms with Gasteiger partial charge >= 0.3 is 0 Å². The molecule has 3 aromatic rings. The largest absolute Gasteiger partial charge is 0.366 e. The molecule has 1 aromatic carbocycles. The van der Waals surface area contributed by atoms with Crippen molar-refractivity contribution in [1.29, 1.82) is 0 Å². The standard InChI is InChI=1S/C18H16ClN5O/c1-12-8-14(19)2-3-15(12)24-18(25)16-9-17(23-11-22-16)21-10-13-4-6-20-7-5-13/h2-9,11H,10H2,1H3,(H,24,25)(H,21,22,23). The molecular formula is C18H16ClN5O. The molecule has 0 saturated carbocycles. The van der Waals surface area contributed by atoms with Gasteiger partial charge in [-0.15, -0.1) is 0 Å². The molecule has 0 fully saturated rings. The van der Waals surface area contributed by atoms with Gasteiger partial charge in [0.1, 0.15) is 17.8 Å². The van der Waals surface area contributed by atoms with E-state index in [0.717, 1.165) is 11.1 Å². The molecule has 7 heteroatoms. The second-order valence-corrected chi connectivity index (χ2v) is 5.85. The number of amides is 1. The van der Waals surface area contributed by atoms with Gasteiger partial charge in [0.05, 0.1) is 0 Å². The van der Waals surface area contributed by atoms with Crippen molar-refractivity contribution < 1.29 is 4.79 Å². The maximum atomic E-state index is 12.4. The molecule has 2 N–H and O–H groups in total. The highest BCUT2D eigenvalue weighted by Gasteiger charge is 2.10. The SMILES string of the molecule is Cc1cc(Cl)ccc1NC(=O)c1cc(NCc2ccncc2)ncn1. The number of aryl methyl sites for hydroxylation is 1. The molecule has 2 heterocycles. The molecule has 6 nitrogen and oxygen atoms in total. The van der Waals surface area contributed by atoms with Crippen LogP contribution in [-0.4, -0.2) is 20.9 Å². The Morgan fingerprint density at radius 1 is 1.12 bits per heavy atom. The van der Waals surface area contributed by atoms with Crippen LogP contribution < -0.4 is 10.6 Å². The molecule has 2 aromatic heterocycles. The topological polar surface area (TPSA) is 79.8 Å². The van der Waals surface area contributed by atoms with E-state index in [1.165, 1.54) is 6.33 Å². The lowest BCUT2D eigenvalue weighted by Gasteiger charge is -2.09. The summed E-state index contributed by atoms with van der Waals surface area (Å²) in [6.07, 6.45) is 4.81. The van der Waals surface area contributed by atoms with Crippen LogP contribution in [0.3, 0.4) is 0 Å². The predicted octanol–water partition coefficient (Wildman–Crippen LogP) is 3.70. The lowest BCUT2D eigenvalue weighted by molar-refractivity contribution is 0.102. The minimum Gasteiger partial charge on any atom is -0.366 e. The van der Waals surface area contributed by atoms with Crippen molar-refractivity contribution in [1.82, 2.24) is 15.0 Å². The minimum atomic E-state index is -0.306. The number of nitrogens with zero attached hydrogens (tertiary/aromatic N) is 3. The zero-order valence-corrected chi connectivity index (χ0v) is 14.3. The Labute approximate surface area is 150 Å². The van der Waals surface area contributed by atoms with Gasteiger partial charge in [-0.2, -0.15) is 0 Å². The highest BCUT2D eigenvalue weighted by molar-refractivity contribution is 6.30. The van der Waals surface area contributed by atoms with Gasteiger partial charge in [0, 0.05) is 35.7 Å². The number of benzene rings is 1. The van der Waals surface area contributed by atoms with E-state index in [9.17, 15) is 4.79 Å². The van der Waals surface area contributed by atoms with Crippen molar-refractivity contribution in [3.63, 3.8) is 0 Å². The molecule has 0 atom stereocenters. The van der Waals surface area contributed by atoms with Gasteiger partial charge in [-0.25, -0.2) is 9.97 Å². The van der Waals surface area contributed by atoms with Gasteiger partial charge in [-0.1, -0.05) is 11.6 Å². The molecule has 3 rings (SSSR count). The van der Waals surface area contributed by atoms with Gasteiger partial charge in [-0.05, 0) is 48.4 Å². The number of anilines is 2. The normalized spacial score (nSPS) is 10.3. The Balaban J connectivity index is 1.69. The average Bonchev–Trinajstić information content (AvgIpc) is 2.63. The minimum absolute atomic E-state index is 0.279. The average molecular weight is 354 g/mol. The Morgan fingerprint density at radius 2 is 1.92 bits per heavy atom. The van der Waals surface area contributed by atoms with E-state index in [1.807, 2.05) is 19.1 Å². The van der Waals surface area contributed by atoms with Crippen LogP contribution in [0, 0.1) is 6.92 Å². The van der Waals surface area contributed by atoms with Crippen LogP contribution in [0.4, 0.5) is 11.5 Å². The quantitative estimate of drug-likeness (QED) is 0.731. The number of nitrogens with one attached hydrogen (secondary N) is 2. The van der Waals surface area contributed by atoms with Crippen molar-refractivity contribution in [3.05, 3.63) is 77.0 Å². The zero-order valence-electron chi connectivity index (χ0n) is 13.5. The number of rotatable bonds is 5. The second kappa shape index (κ2) is 7.72. The monoisotopic (exact) mass is 353 g/mol. The lowest BCUT2D eigenvalue weighted by Crippen LogP contribution is -2.15. The van der Waals surface area contributed by atoms with E-state index in [4.69, 9.17) is 11.6 Å². The molecule has 0 bridgehead atoms. The lowest BCUT2D eigenvalue weighted by atomic mass is 10.2. The maximum Gasteiger partial charge on any atom is 0.274 e. The molecule has 0 radical (unpaired) electrons. The maximum absolute atomic E-state index is 12.4. The van der Waals surface area contributed by atoms with E-state index in [0.29, 0.717) is 23.1 Å². The molecule has 0 aliphatic rings. The first-order valence-corrected chi connectivity index (χ1v) is 8.02. The third-order valence-corrected chi connectivity index (χ3v) is 3.79. The van der Waals surface area contributed by atoms with Crippen LogP contribution in [-0.2, 0) is 6.54 Å². The van der Waals surface area contributed by atoms with Gasteiger partial charge in [0.25, 0.3) is 5.91 Å². The van der Waals surface area contributed by atoms with Gasteiger partial charge in [0.15, 0.2) is 0 Å². The molecule has 25 heavy (non-hydrogen) atoms. The molecule has 1 amide bonds. The van der Waals surface area contributed by atoms with Crippen LogP contribution >= 0.6 is 11.6 Å². The van der Waals surface area contributed by atoms with E-state index in [1.54, 1.807) is 36.7 Å². The number of carbonyl (C=O) groups excluding carboxylic acids is 1. The summed E-state index contributed by atoms with van der Waals surface area (Å²) in [5.41, 5.74) is 2.92. The second-order valence-electron chi connectivity index (χ2n) is 5.41. The summed E-state index contributed by atoms with van der Waals surface area (Å²) in [5.74, 6) is 0.268. The zero-order chi connectivity index (χ0) is 17.6. The van der Waals surface area contributed by atoms with Crippen molar-refractivity contribution >= 4 is 29.0 Å². The summed E-state index contributed by atoms with van der Waals surface area (Å²) < 4.78 is 0. The molecule has 0 aliphatic carbocycles. The summed E-state index contributed by atoms with van der Waals surface area (Å²) in [6.45, 7) is 2.46. The predicted molar refractivity (Wildman–Crippen MR) is 97.7 cm³/mol. The van der Waals surface area contributed by atoms with E-state index in [2.05, 4.69) is 25.6 Å². The summed E-state index contributed by atoms with van der Waals surface area (Å²) in [6, 6.07) is 10.7. The number of pyridine rings is 1. The number of halogens is 1. The summed E-state index contributed by atoms with van der Waals surface area (Å²) in [5, 5.41) is 6.62. The van der Waals surface area contributed by atoms with E-state index < -0.39 is 0 Å². The number of hydrogen-bond donors (Lipinski definition) is 2. The molecular weight excluding hydrogens is 338 g/mol. The van der Waals surface area contributed by atoms with Crippen molar-refractivity contribution in [2.45, 2.75) is 13.5 Å². The summed E-state index contributed by atoms with van der Waals surface area (Å²) in [4.78, 5) is 24.6. The third-order valence-electron chi connectivity index (χ3n) is 3.56. The first-order valence-electron chi connectivity index (χ1n) is 7.64. The highest BCUT2D eigenvalue weighted by atomic mass is 35.5. The fraction of sp³-hybridized carbons (Fsp3) is 0.111. The number of carbonyl (C=O) groups is 1. The van der Waals surface area contributed by atoms with E-state index in [-0.39, 0.29) is 11.6 Å². The van der Waals surface area contributed by atoms with E-state index >= 15 is 0 Å². The molecule has 0 spiro atoms.